The van der Waals surface area contributed by atoms with Crippen molar-refractivity contribution < 1.29 is 4.39 Å². The molecule has 0 saturated heterocycles. The molecule has 0 aliphatic rings. The van der Waals surface area contributed by atoms with E-state index in [0.29, 0.717) is 11.4 Å². The van der Waals surface area contributed by atoms with Gasteiger partial charge in [0, 0.05) is 11.6 Å². The second-order valence-corrected chi connectivity index (χ2v) is 4.15. The minimum atomic E-state index is -0.501. The minimum Gasteiger partial charge on any atom is -0.216 e. The molecular formula is C10H4Cl3FN2. The Bertz CT molecular complexity index is 525. The number of rotatable bonds is 1. The summed E-state index contributed by atoms with van der Waals surface area (Å²) in [7, 11) is 0. The monoisotopic (exact) mass is 276 g/mol. The first kappa shape index (κ1) is 11.6. The van der Waals surface area contributed by atoms with Gasteiger partial charge in [0.25, 0.3) is 0 Å². The van der Waals surface area contributed by atoms with Crippen LogP contribution in [-0.2, 0) is 0 Å². The van der Waals surface area contributed by atoms with E-state index in [9.17, 15) is 4.39 Å². The van der Waals surface area contributed by atoms with Crippen LogP contribution in [0.25, 0.3) is 11.4 Å². The largest absolute Gasteiger partial charge is 0.216 e. The zero-order valence-corrected chi connectivity index (χ0v) is 9.98. The Morgan fingerprint density at radius 3 is 2.12 bits per heavy atom. The third-order valence-electron chi connectivity index (χ3n) is 1.84. The smallest absolute Gasteiger partial charge is 0.162 e. The van der Waals surface area contributed by atoms with E-state index in [4.69, 9.17) is 34.8 Å². The summed E-state index contributed by atoms with van der Waals surface area (Å²) in [6, 6.07) is 5.57. The molecule has 2 nitrogen and oxygen atoms in total. The van der Waals surface area contributed by atoms with E-state index < -0.39 is 5.82 Å². The highest BCUT2D eigenvalue weighted by Gasteiger charge is 2.07. The Balaban J connectivity index is 2.54. The lowest BCUT2D eigenvalue weighted by atomic mass is 10.2. The summed E-state index contributed by atoms with van der Waals surface area (Å²) in [6.07, 6.45) is 0. The van der Waals surface area contributed by atoms with E-state index in [0.717, 1.165) is 0 Å². The second-order valence-electron chi connectivity index (χ2n) is 2.97. The molecule has 1 heterocycles. The molecule has 0 bridgehead atoms. The predicted molar refractivity (Wildman–Crippen MR) is 62.5 cm³/mol. The van der Waals surface area contributed by atoms with Crippen LogP contribution in [0.5, 0.6) is 0 Å². The zero-order chi connectivity index (χ0) is 11.7. The molecular weight excluding hydrogens is 273 g/mol. The maximum Gasteiger partial charge on any atom is 0.162 e. The van der Waals surface area contributed by atoms with Crippen molar-refractivity contribution in [3.05, 3.63) is 45.4 Å². The van der Waals surface area contributed by atoms with E-state index in [1.54, 1.807) is 0 Å². The van der Waals surface area contributed by atoms with Crippen LogP contribution in [0.3, 0.4) is 0 Å². The van der Waals surface area contributed by atoms with Crippen LogP contribution in [0.1, 0.15) is 0 Å². The third-order valence-corrected chi connectivity index (χ3v) is 2.52. The van der Waals surface area contributed by atoms with Gasteiger partial charge in [-0.3, -0.25) is 0 Å². The second kappa shape index (κ2) is 4.53. The van der Waals surface area contributed by atoms with Crippen molar-refractivity contribution >= 4 is 34.8 Å². The van der Waals surface area contributed by atoms with Crippen molar-refractivity contribution in [2.24, 2.45) is 0 Å². The van der Waals surface area contributed by atoms with E-state index >= 15 is 0 Å². The summed E-state index contributed by atoms with van der Waals surface area (Å²) in [5, 5.41) is 0.433. The lowest BCUT2D eigenvalue weighted by Crippen LogP contribution is -1.90. The Kier molecular flexibility index (Phi) is 3.28. The Hall–Kier alpha value is -0.900. The Morgan fingerprint density at radius 2 is 1.56 bits per heavy atom. The van der Waals surface area contributed by atoms with Gasteiger partial charge in [0.2, 0.25) is 0 Å². The van der Waals surface area contributed by atoms with Crippen molar-refractivity contribution in [3.63, 3.8) is 0 Å². The lowest BCUT2D eigenvalue weighted by molar-refractivity contribution is 0.628. The van der Waals surface area contributed by atoms with Crippen molar-refractivity contribution in [2.45, 2.75) is 0 Å². The lowest BCUT2D eigenvalue weighted by Gasteiger charge is -2.02. The summed E-state index contributed by atoms with van der Waals surface area (Å²) < 4.78 is 12.9. The standard InChI is InChI=1S/C10H4Cl3FN2/c11-6-3-5(1-2-7(6)14)10-15-8(12)4-9(13)16-10/h1-4H. The van der Waals surface area contributed by atoms with Crippen LogP contribution in [0.2, 0.25) is 15.3 Å². The molecule has 0 radical (unpaired) electrons. The molecule has 2 rings (SSSR count). The molecule has 0 unspecified atom stereocenters. The van der Waals surface area contributed by atoms with Gasteiger partial charge in [-0.15, -0.1) is 0 Å². The molecule has 1 aromatic carbocycles. The van der Waals surface area contributed by atoms with Crippen LogP contribution in [0, 0.1) is 5.82 Å². The van der Waals surface area contributed by atoms with E-state index in [-0.39, 0.29) is 15.3 Å². The Labute approximate surface area is 106 Å². The molecule has 0 amide bonds. The molecule has 16 heavy (non-hydrogen) atoms. The molecule has 82 valence electrons. The van der Waals surface area contributed by atoms with Crippen LogP contribution < -0.4 is 0 Å². The van der Waals surface area contributed by atoms with Gasteiger partial charge in [-0.2, -0.15) is 0 Å². The highest BCUT2D eigenvalue weighted by molar-refractivity contribution is 6.33. The molecule has 6 heteroatoms. The summed E-state index contributed by atoms with van der Waals surface area (Å²) in [6.45, 7) is 0. The minimum absolute atomic E-state index is 0.00259. The summed E-state index contributed by atoms with van der Waals surface area (Å²) in [5.41, 5.74) is 0.552. The number of nitrogens with zero attached hydrogens (tertiary/aromatic N) is 2. The maximum atomic E-state index is 12.9. The first-order valence-electron chi connectivity index (χ1n) is 4.22. The average molecular weight is 278 g/mol. The van der Waals surface area contributed by atoms with E-state index in [1.165, 1.54) is 24.3 Å². The average Bonchev–Trinajstić information content (AvgIpc) is 2.20. The van der Waals surface area contributed by atoms with Crippen LogP contribution >= 0.6 is 34.8 Å². The van der Waals surface area contributed by atoms with Crippen molar-refractivity contribution in [3.8, 4) is 11.4 Å². The van der Waals surface area contributed by atoms with Gasteiger partial charge in [0.15, 0.2) is 5.82 Å². The van der Waals surface area contributed by atoms with Crippen molar-refractivity contribution in [1.82, 2.24) is 9.97 Å². The van der Waals surface area contributed by atoms with Crippen LogP contribution in [0.15, 0.2) is 24.3 Å². The van der Waals surface area contributed by atoms with Crippen LogP contribution in [-0.4, -0.2) is 9.97 Å². The molecule has 0 fully saturated rings. The molecule has 0 saturated carbocycles. The van der Waals surface area contributed by atoms with Crippen LogP contribution in [0.4, 0.5) is 4.39 Å². The summed E-state index contributed by atoms with van der Waals surface area (Å²) in [5.74, 6) is -0.196. The van der Waals surface area contributed by atoms with Gasteiger partial charge in [-0.25, -0.2) is 14.4 Å². The quantitative estimate of drug-likeness (QED) is 0.729. The normalized spacial score (nSPS) is 10.5. The van der Waals surface area contributed by atoms with E-state index in [2.05, 4.69) is 9.97 Å². The van der Waals surface area contributed by atoms with Gasteiger partial charge in [-0.1, -0.05) is 34.8 Å². The zero-order valence-electron chi connectivity index (χ0n) is 7.72. The number of halogens is 4. The predicted octanol–water partition coefficient (Wildman–Crippen LogP) is 4.24. The van der Waals surface area contributed by atoms with Crippen molar-refractivity contribution in [1.29, 1.82) is 0 Å². The molecule has 0 aliphatic carbocycles. The molecule has 0 spiro atoms. The highest BCUT2D eigenvalue weighted by atomic mass is 35.5. The number of hydrogen-bond acceptors (Lipinski definition) is 2. The molecule has 0 atom stereocenters. The first-order chi connectivity index (χ1) is 7.56. The summed E-state index contributed by atoms with van der Waals surface area (Å²) >= 11 is 17.1. The molecule has 0 N–H and O–H groups in total. The number of benzene rings is 1. The first-order valence-corrected chi connectivity index (χ1v) is 5.35. The summed E-state index contributed by atoms with van der Waals surface area (Å²) in [4.78, 5) is 7.93. The van der Waals surface area contributed by atoms with Gasteiger partial charge >= 0.3 is 0 Å². The van der Waals surface area contributed by atoms with Gasteiger partial charge in [-0.05, 0) is 18.2 Å². The Morgan fingerprint density at radius 1 is 0.938 bits per heavy atom. The third kappa shape index (κ3) is 2.43. The fraction of sp³-hybridized carbons (Fsp3) is 0. The van der Waals surface area contributed by atoms with E-state index in [1.807, 2.05) is 0 Å². The van der Waals surface area contributed by atoms with Crippen molar-refractivity contribution in [2.75, 3.05) is 0 Å². The maximum absolute atomic E-state index is 12.9. The fourth-order valence-corrected chi connectivity index (χ4v) is 1.76. The number of hydrogen-bond donors (Lipinski definition) is 0. The number of aromatic nitrogens is 2. The SMILES string of the molecule is Fc1ccc(-c2nc(Cl)cc(Cl)n2)cc1Cl. The van der Waals surface area contributed by atoms with Gasteiger partial charge < -0.3 is 0 Å². The molecule has 0 aliphatic heterocycles. The fourth-order valence-electron chi connectivity index (χ4n) is 1.15. The van der Waals surface area contributed by atoms with Gasteiger partial charge in [0.1, 0.15) is 16.1 Å². The molecule has 1 aromatic heterocycles. The van der Waals surface area contributed by atoms with Gasteiger partial charge in [0.05, 0.1) is 5.02 Å². The topological polar surface area (TPSA) is 25.8 Å². The molecule has 2 aromatic rings. The highest BCUT2D eigenvalue weighted by Crippen LogP contribution is 2.24.